The van der Waals surface area contributed by atoms with Gasteiger partial charge in [-0.3, -0.25) is 9.78 Å². The van der Waals surface area contributed by atoms with Crippen LogP contribution in [-0.2, 0) is 12.6 Å². The molecule has 0 aliphatic carbocycles. The van der Waals surface area contributed by atoms with E-state index < -0.39 is 36.2 Å². The predicted octanol–water partition coefficient (Wildman–Crippen LogP) is 5.90. The van der Waals surface area contributed by atoms with Crippen molar-refractivity contribution >= 4 is 23.1 Å². The Balaban J connectivity index is 1.37. The Morgan fingerprint density at radius 3 is 2.62 bits per heavy atom. The first-order valence-corrected chi connectivity index (χ1v) is 12.9. The zero-order chi connectivity index (χ0) is 29.1. The summed E-state index contributed by atoms with van der Waals surface area (Å²) in [6.45, 7) is 2.51. The lowest BCUT2D eigenvalue weighted by Crippen LogP contribution is -2.27. The molecule has 1 N–H and O–H groups in total. The largest absolute Gasteiger partial charge is 0.490 e. The van der Waals surface area contributed by atoms with Gasteiger partial charge < -0.3 is 15.0 Å². The highest BCUT2D eigenvalue weighted by atomic mass is 32.1. The average Bonchev–Trinajstić information content (AvgIpc) is 3.48. The Morgan fingerprint density at radius 1 is 1.18 bits per heavy atom. The summed E-state index contributed by atoms with van der Waals surface area (Å²) in [7, 11) is 0. The number of nitrogens with one attached hydrogen (secondary N) is 1. The summed E-state index contributed by atoms with van der Waals surface area (Å²) in [5.41, 5.74) is -0.0797. The molecule has 1 fully saturated rings. The lowest BCUT2D eigenvalue weighted by molar-refractivity contribution is -0.141. The first-order chi connectivity index (χ1) is 18.8. The molecule has 40 heavy (non-hydrogen) atoms. The van der Waals surface area contributed by atoms with Crippen molar-refractivity contribution in [2.24, 2.45) is 5.92 Å². The van der Waals surface area contributed by atoms with Gasteiger partial charge in [0.15, 0.2) is 17.3 Å². The number of carbonyl (C=O) groups excluding carboxylic acids is 1. The maximum atomic E-state index is 14.4. The van der Waals surface area contributed by atoms with E-state index in [0.29, 0.717) is 36.3 Å². The molecule has 15 heteroatoms. The molecule has 7 nitrogen and oxygen atoms in total. The summed E-state index contributed by atoms with van der Waals surface area (Å²) < 4.78 is 99.8. The molecule has 4 rings (SSSR count). The van der Waals surface area contributed by atoms with E-state index in [4.69, 9.17) is 4.74 Å². The van der Waals surface area contributed by atoms with Gasteiger partial charge in [-0.1, -0.05) is 0 Å². The van der Waals surface area contributed by atoms with Gasteiger partial charge in [0.1, 0.15) is 0 Å². The van der Waals surface area contributed by atoms with Crippen LogP contribution in [0, 0.1) is 18.7 Å². The van der Waals surface area contributed by atoms with Crippen LogP contribution in [0.3, 0.4) is 0 Å². The molecule has 0 bridgehead atoms. The molecule has 0 saturated carbocycles. The number of anilines is 1. The monoisotopic (exact) mass is 591 g/mol. The summed E-state index contributed by atoms with van der Waals surface area (Å²) in [5.74, 6) is -1.41. The topological polar surface area (TPSA) is 80.2 Å². The van der Waals surface area contributed by atoms with Crippen molar-refractivity contribution in [3.8, 4) is 5.75 Å². The second-order valence-corrected chi connectivity index (χ2v) is 10.2. The molecule has 3 heterocycles. The van der Waals surface area contributed by atoms with Gasteiger partial charge in [0.2, 0.25) is 0 Å². The molecule has 0 spiro atoms. The third-order valence-corrected chi connectivity index (χ3v) is 7.18. The quantitative estimate of drug-likeness (QED) is 0.313. The van der Waals surface area contributed by atoms with Crippen LogP contribution in [0.1, 0.15) is 45.2 Å². The SMILES string of the molecule is Cc1nsc(Cc2cnc(C(F)(F)F)cn2)c1C(=O)Nc1ccc(F)c(OCC2CCN(CCC(F)(F)F)C2)c1. The van der Waals surface area contributed by atoms with Gasteiger partial charge in [-0.05, 0) is 43.6 Å². The van der Waals surface area contributed by atoms with Gasteiger partial charge in [0.25, 0.3) is 5.91 Å². The maximum absolute atomic E-state index is 14.4. The minimum Gasteiger partial charge on any atom is -0.490 e. The van der Waals surface area contributed by atoms with Gasteiger partial charge in [0.05, 0.1) is 36.2 Å². The average molecular weight is 592 g/mol. The maximum Gasteiger partial charge on any atom is 0.434 e. The molecule has 1 aromatic carbocycles. The molecule has 0 radical (unpaired) electrons. The van der Waals surface area contributed by atoms with Gasteiger partial charge in [0, 0.05) is 48.3 Å². The third-order valence-electron chi connectivity index (χ3n) is 6.24. The Kier molecular flexibility index (Phi) is 8.93. The number of aromatic nitrogens is 3. The Bertz CT molecular complexity index is 1330. The molecule has 3 aromatic rings. The zero-order valence-electron chi connectivity index (χ0n) is 21.1. The Labute approximate surface area is 228 Å². The van der Waals surface area contributed by atoms with Crippen LogP contribution in [0.25, 0.3) is 0 Å². The van der Waals surface area contributed by atoms with E-state index in [1.165, 1.54) is 12.1 Å². The standard InChI is InChI=1S/C25H24F7N5O2S/c1-14-22(20(40-36-14)9-17-10-34-21(11-33-17)25(30,31)32)23(38)35-16-2-3-18(26)19(8-16)39-13-15-4-6-37(12-15)7-5-24(27,28)29/h2-3,8,10-11,15H,4-7,9,12-13H2,1H3,(H,35,38). The van der Waals surface area contributed by atoms with E-state index in [9.17, 15) is 35.5 Å². The number of halogens is 7. The fourth-order valence-corrected chi connectivity index (χ4v) is 5.10. The first kappa shape index (κ1) is 29.6. The number of ether oxygens (including phenoxy) is 1. The van der Waals surface area contributed by atoms with E-state index >= 15 is 0 Å². The molecule has 1 saturated heterocycles. The highest BCUT2D eigenvalue weighted by molar-refractivity contribution is 7.06. The summed E-state index contributed by atoms with van der Waals surface area (Å²) in [6.07, 6.45) is -7.49. The number of carbonyl (C=O) groups is 1. The number of amides is 1. The fraction of sp³-hybridized carbons (Fsp3) is 0.440. The molecule has 1 aliphatic rings. The molecule has 2 aromatic heterocycles. The number of alkyl halides is 6. The van der Waals surface area contributed by atoms with Crippen LogP contribution in [0.2, 0.25) is 0 Å². The molecule has 1 amide bonds. The smallest absolute Gasteiger partial charge is 0.434 e. The van der Waals surface area contributed by atoms with Gasteiger partial charge in [-0.25, -0.2) is 9.37 Å². The van der Waals surface area contributed by atoms with Crippen LogP contribution in [0.15, 0.2) is 30.6 Å². The summed E-state index contributed by atoms with van der Waals surface area (Å²) in [4.78, 5) is 22.4. The van der Waals surface area contributed by atoms with E-state index in [1.807, 2.05) is 0 Å². The normalized spacial score (nSPS) is 16.4. The van der Waals surface area contributed by atoms with Crippen LogP contribution in [-0.4, -0.2) is 57.6 Å². The van der Waals surface area contributed by atoms with Crippen molar-refractivity contribution in [2.45, 2.75) is 38.5 Å². The molecule has 216 valence electrons. The van der Waals surface area contributed by atoms with Crippen molar-refractivity contribution in [1.29, 1.82) is 0 Å². The Hall–Kier alpha value is -3.33. The molecule has 1 unspecified atom stereocenters. The number of benzene rings is 1. The number of aryl methyl sites for hydroxylation is 1. The van der Waals surface area contributed by atoms with Crippen LogP contribution in [0.5, 0.6) is 5.75 Å². The van der Waals surface area contributed by atoms with E-state index in [0.717, 1.165) is 23.8 Å². The van der Waals surface area contributed by atoms with Crippen molar-refractivity contribution in [3.63, 3.8) is 0 Å². The van der Waals surface area contributed by atoms with E-state index in [2.05, 4.69) is 19.7 Å². The second kappa shape index (κ2) is 12.0. The summed E-state index contributed by atoms with van der Waals surface area (Å²) in [6, 6.07) is 3.76. The lowest BCUT2D eigenvalue weighted by atomic mass is 10.1. The van der Waals surface area contributed by atoms with Crippen molar-refractivity contribution in [1.82, 2.24) is 19.2 Å². The van der Waals surface area contributed by atoms with Gasteiger partial charge >= 0.3 is 12.4 Å². The molecular weight excluding hydrogens is 567 g/mol. The van der Waals surface area contributed by atoms with Crippen LogP contribution in [0.4, 0.5) is 36.4 Å². The number of rotatable bonds is 9. The highest BCUT2D eigenvalue weighted by Crippen LogP contribution is 2.29. The Morgan fingerprint density at radius 2 is 1.95 bits per heavy atom. The number of nitrogens with zero attached hydrogens (tertiary/aromatic N) is 4. The van der Waals surface area contributed by atoms with Crippen LogP contribution < -0.4 is 10.1 Å². The minimum atomic E-state index is -4.62. The van der Waals surface area contributed by atoms with E-state index in [-0.39, 0.29) is 48.2 Å². The number of hydrogen-bond donors (Lipinski definition) is 1. The fourth-order valence-electron chi connectivity index (χ4n) is 4.21. The van der Waals surface area contributed by atoms with Gasteiger partial charge in [-0.15, -0.1) is 0 Å². The predicted molar refractivity (Wildman–Crippen MR) is 132 cm³/mol. The molecule has 1 atom stereocenters. The summed E-state index contributed by atoms with van der Waals surface area (Å²) >= 11 is 1.00. The van der Waals surface area contributed by atoms with Crippen molar-refractivity contribution < 1.29 is 40.3 Å². The summed E-state index contributed by atoms with van der Waals surface area (Å²) in [5, 5.41) is 2.66. The van der Waals surface area contributed by atoms with Crippen LogP contribution >= 0.6 is 11.5 Å². The third kappa shape index (κ3) is 7.87. The molecular formula is C25H24F7N5O2S. The highest BCUT2D eigenvalue weighted by Gasteiger charge is 2.33. The number of likely N-dealkylation sites (tertiary alicyclic amines) is 1. The second-order valence-electron chi connectivity index (χ2n) is 9.36. The molecule has 1 aliphatic heterocycles. The van der Waals surface area contributed by atoms with E-state index in [1.54, 1.807) is 11.8 Å². The zero-order valence-corrected chi connectivity index (χ0v) is 21.9. The minimum absolute atomic E-state index is 0.0263. The lowest BCUT2D eigenvalue weighted by Gasteiger charge is -2.17. The number of hydrogen-bond acceptors (Lipinski definition) is 7. The van der Waals surface area contributed by atoms with Crippen molar-refractivity contribution in [3.05, 3.63) is 63.9 Å². The van der Waals surface area contributed by atoms with Crippen molar-refractivity contribution in [2.75, 3.05) is 31.6 Å². The van der Waals surface area contributed by atoms with Gasteiger partial charge in [-0.2, -0.15) is 30.7 Å². The first-order valence-electron chi connectivity index (χ1n) is 12.1.